The van der Waals surface area contributed by atoms with Crippen molar-refractivity contribution in [1.82, 2.24) is 0 Å². The van der Waals surface area contributed by atoms with Crippen LogP contribution in [-0.2, 0) is 0 Å². The molecule has 1 nitrogen and oxygen atoms in total. The molecule has 0 saturated heterocycles. The van der Waals surface area contributed by atoms with Crippen LogP contribution in [-0.4, -0.2) is 11.2 Å². The summed E-state index contributed by atoms with van der Waals surface area (Å²) >= 11 is 0. The Morgan fingerprint density at radius 1 is 1.48 bits per heavy atom. The number of aliphatic hydroxyl groups is 1. The van der Waals surface area contributed by atoms with Gasteiger partial charge in [0.2, 0.25) is 0 Å². The third-order valence-corrected chi connectivity index (χ3v) is 5.69. The third kappa shape index (κ3) is 3.69. The molecule has 118 valence electrons. The van der Waals surface area contributed by atoms with Crippen LogP contribution in [0.2, 0.25) is 0 Å². The molecule has 1 saturated carbocycles. The minimum Gasteiger partial charge on any atom is -0.392 e. The van der Waals surface area contributed by atoms with Gasteiger partial charge in [-0.25, -0.2) is 0 Å². The summed E-state index contributed by atoms with van der Waals surface area (Å²) < 4.78 is 0. The van der Waals surface area contributed by atoms with Crippen molar-refractivity contribution >= 4 is 0 Å². The highest BCUT2D eigenvalue weighted by Gasteiger charge is 2.42. The summed E-state index contributed by atoms with van der Waals surface area (Å²) in [6, 6.07) is 0. The predicted octanol–water partition coefficient (Wildman–Crippen LogP) is 5.28. The van der Waals surface area contributed by atoms with E-state index in [1.165, 1.54) is 23.1 Å². The summed E-state index contributed by atoms with van der Waals surface area (Å²) in [6.07, 6.45) is 10.1. The Morgan fingerprint density at radius 2 is 2.19 bits per heavy atom. The Morgan fingerprint density at radius 3 is 2.86 bits per heavy atom. The van der Waals surface area contributed by atoms with Crippen LogP contribution >= 0.6 is 0 Å². The van der Waals surface area contributed by atoms with Crippen molar-refractivity contribution in [1.29, 1.82) is 0 Å². The van der Waals surface area contributed by atoms with E-state index in [0.717, 1.165) is 25.7 Å². The van der Waals surface area contributed by atoms with E-state index in [4.69, 9.17) is 0 Å². The van der Waals surface area contributed by atoms with Crippen LogP contribution in [0.3, 0.4) is 0 Å². The van der Waals surface area contributed by atoms with E-state index in [0.29, 0.717) is 23.7 Å². The van der Waals surface area contributed by atoms with Crippen LogP contribution in [0.4, 0.5) is 0 Å². The smallest absolute Gasteiger partial charge is 0.0642 e. The first-order valence-corrected chi connectivity index (χ1v) is 8.57. The molecule has 0 bridgehead atoms. The SMILES string of the molecule is C=C1CCC([C@H](C)CCC=C(C)C)[C@@H](O)[C@@H]2C(C)=CC[C@@H]12. The molecular weight excluding hydrogens is 256 g/mol. The predicted molar refractivity (Wildman–Crippen MR) is 91.1 cm³/mol. The minimum absolute atomic E-state index is 0.185. The molecule has 0 aromatic heterocycles. The maximum atomic E-state index is 11.0. The van der Waals surface area contributed by atoms with E-state index in [-0.39, 0.29) is 6.10 Å². The zero-order chi connectivity index (χ0) is 15.6. The second kappa shape index (κ2) is 6.96. The number of hydrogen-bond donors (Lipinski definition) is 1. The van der Waals surface area contributed by atoms with Crippen LogP contribution in [0.1, 0.15) is 59.8 Å². The quantitative estimate of drug-likeness (QED) is 0.698. The number of hydrogen-bond acceptors (Lipinski definition) is 1. The number of allylic oxidation sites excluding steroid dienone is 4. The van der Waals surface area contributed by atoms with Gasteiger partial charge < -0.3 is 5.11 Å². The van der Waals surface area contributed by atoms with Gasteiger partial charge in [-0.15, -0.1) is 0 Å². The second-order valence-electron chi connectivity index (χ2n) is 7.50. The molecule has 0 radical (unpaired) electrons. The Hall–Kier alpha value is -0.820. The highest BCUT2D eigenvalue weighted by Crippen LogP contribution is 2.47. The summed E-state index contributed by atoms with van der Waals surface area (Å²) in [6.45, 7) is 13.1. The maximum Gasteiger partial charge on any atom is 0.0642 e. The third-order valence-electron chi connectivity index (χ3n) is 5.69. The fourth-order valence-electron chi connectivity index (χ4n) is 4.29. The first-order chi connectivity index (χ1) is 9.91. The van der Waals surface area contributed by atoms with Crippen LogP contribution in [0, 0.1) is 23.7 Å². The Labute approximate surface area is 130 Å². The van der Waals surface area contributed by atoms with E-state index in [1.807, 2.05) is 0 Å². The molecule has 2 rings (SSSR count). The molecule has 0 spiro atoms. The molecule has 0 heterocycles. The highest BCUT2D eigenvalue weighted by atomic mass is 16.3. The Bertz CT molecular complexity index is 439. The number of rotatable bonds is 4. The lowest BCUT2D eigenvalue weighted by atomic mass is 9.76. The van der Waals surface area contributed by atoms with E-state index in [1.54, 1.807) is 0 Å². The molecule has 1 unspecified atom stereocenters. The Kier molecular flexibility index (Phi) is 5.48. The van der Waals surface area contributed by atoms with Gasteiger partial charge in [0.05, 0.1) is 6.10 Å². The van der Waals surface area contributed by atoms with Crippen LogP contribution in [0.15, 0.2) is 35.5 Å². The zero-order valence-corrected chi connectivity index (χ0v) is 14.2. The lowest BCUT2D eigenvalue weighted by molar-refractivity contribution is 0.0306. The molecule has 21 heavy (non-hydrogen) atoms. The van der Waals surface area contributed by atoms with Crippen LogP contribution in [0.5, 0.6) is 0 Å². The normalized spacial score (nSPS) is 34.0. The van der Waals surface area contributed by atoms with Gasteiger partial charge in [0, 0.05) is 5.92 Å². The second-order valence-corrected chi connectivity index (χ2v) is 7.50. The largest absolute Gasteiger partial charge is 0.392 e. The molecule has 1 fully saturated rings. The van der Waals surface area contributed by atoms with Gasteiger partial charge >= 0.3 is 0 Å². The van der Waals surface area contributed by atoms with Crippen molar-refractivity contribution in [2.75, 3.05) is 0 Å². The molecule has 1 N–H and O–H groups in total. The molecule has 2 aliphatic rings. The zero-order valence-electron chi connectivity index (χ0n) is 14.2. The van der Waals surface area contributed by atoms with E-state index in [2.05, 4.69) is 46.4 Å². The molecular formula is C20H32O. The first kappa shape index (κ1) is 16.5. The van der Waals surface area contributed by atoms with E-state index >= 15 is 0 Å². The summed E-state index contributed by atoms with van der Waals surface area (Å²) in [5.41, 5.74) is 4.15. The van der Waals surface area contributed by atoms with Gasteiger partial charge in [0.1, 0.15) is 0 Å². The average Bonchev–Trinajstić information content (AvgIpc) is 2.74. The average molecular weight is 288 g/mol. The van der Waals surface area contributed by atoms with Gasteiger partial charge in [0.15, 0.2) is 0 Å². The first-order valence-electron chi connectivity index (χ1n) is 8.57. The molecule has 0 amide bonds. The van der Waals surface area contributed by atoms with Crippen molar-refractivity contribution in [3.63, 3.8) is 0 Å². The van der Waals surface area contributed by atoms with Gasteiger partial charge in [0.25, 0.3) is 0 Å². The van der Waals surface area contributed by atoms with Gasteiger partial charge in [-0.1, -0.05) is 42.4 Å². The number of fused-ring (bicyclic) bond motifs is 1. The van der Waals surface area contributed by atoms with Gasteiger partial charge in [-0.3, -0.25) is 0 Å². The fraction of sp³-hybridized carbons (Fsp3) is 0.700. The summed E-state index contributed by atoms with van der Waals surface area (Å²) in [4.78, 5) is 0. The minimum atomic E-state index is -0.185. The summed E-state index contributed by atoms with van der Waals surface area (Å²) in [5.74, 6) is 1.82. The molecule has 0 aliphatic heterocycles. The van der Waals surface area contributed by atoms with Crippen LogP contribution in [0.25, 0.3) is 0 Å². The lowest BCUT2D eigenvalue weighted by Crippen LogP contribution is -2.34. The van der Waals surface area contributed by atoms with Gasteiger partial charge in [-0.05, 0) is 70.6 Å². The summed E-state index contributed by atoms with van der Waals surface area (Å²) in [7, 11) is 0. The molecule has 0 aromatic rings. The molecule has 0 aromatic carbocycles. The van der Waals surface area contributed by atoms with Gasteiger partial charge in [-0.2, -0.15) is 0 Å². The Balaban J connectivity index is 2.07. The van der Waals surface area contributed by atoms with E-state index < -0.39 is 0 Å². The van der Waals surface area contributed by atoms with Crippen molar-refractivity contribution in [3.8, 4) is 0 Å². The van der Waals surface area contributed by atoms with Crippen molar-refractivity contribution < 1.29 is 5.11 Å². The molecule has 2 aliphatic carbocycles. The van der Waals surface area contributed by atoms with Crippen LogP contribution < -0.4 is 0 Å². The lowest BCUT2D eigenvalue weighted by Gasteiger charge is -2.32. The van der Waals surface area contributed by atoms with Crippen molar-refractivity contribution in [2.24, 2.45) is 23.7 Å². The molecule has 5 atom stereocenters. The number of aliphatic hydroxyl groups excluding tert-OH is 1. The maximum absolute atomic E-state index is 11.0. The monoisotopic (exact) mass is 288 g/mol. The molecule has 1 heteroatoms. The fourth-order valence-corrected chi connectivity index (χ4v) is 4.29. The topological polar surface area (TPSA) is 20.2 Å². The summed E-state index contributed by atoms with van der Waals surface area (Å²) in [5, 5.41) is 11.0. The van der Waals surface area contributed by atoms with Crippen molar-refractivity contribution in [2.45, 2.75) is 65.9 Å². The standard InChI is InChI=1S/C20H32O/c1-13(2)7-6-8-14(3)18-12-9-15(4)17-11-10-16(5)19(17)20(18)21/h7,10,14,17-21H,4,6,8-9,11-12H2,1-3,5H3/t14-,17+,18?,19-,20-/m1/s1. The van der Waals surface area contributed by atoms with Crippen molar-refractivity contribution in [3.05, 3.63) is 35.5 Å². The highest BCUT2D eigenvalue weighted by molar-refractivity contribution is 5.24. The van der Waals surface area contributed by atoms with E-state index in [9.17, 15) is 5.11 Å².